The van der Waals surface area contributed by atoms with Gasteiger partial charge in [-0.2, -0.15) is 0 Å². The minimum atomic E-state index is -0.178. The molecule has 0 aliphatic carbocycles. The van der Waals surface area contributed by atoms with Gasteiger partial charge in [0.05, 0.1) is 12.4 Å². The lowest BCUT2D eigenvalue weighted by atomic mass is 10.2. The number of nitrogens with one attached hydrogen (secondary N) is 2. The van der Waals surface area contributed by atoms with E-state index in [1.807, 2.05) is 17.7 Å². The highest BCUT2D eigenvalue weighted by Crippen LogP contribution is 1.95. The summed E-state index contributed by atoms with van der Waals surface area (Å²) in [5, 5.41) is 6.21. The van der Waals surface area contributed by atoms with Crippen molar-refractivity contribution in [1.82, 2.24) is 20.2 Å². The summed E-state index contributed by atoms with van der Waals surface area (Å²) in [6.45, 7) is 9.65. The number of carbonyl (C=O) groups is 1. The summed E-state index contributed by atoms with van der Waals surface area (Å²) >= 11 is 0. The second-order valence-electron chi connectivity index (χ2n) is 5.19. The Morgan fingerprint density at radius 3 is 2.61 bits per heavy atom. The molecule has 0 aliphatic rings. The molecular formula is C13H24N4O. The normalized spacial score (nSPS) is 14.5. The first-order chi connectivity index (χ1) is 8.49. The Balaban J connectivity index is 2.30. The van der Waals surface area contributed by atoms with Gasteiger partial charge < -0.3 is 15.2 Å². The molecule has 0 radical (unpaired) electrons. The van der Waals surface area contributed by atoms with Crippen molar-refractivity contribution < 1.29 is 4.79 Å². The van der Waals surface area contributed by atoms with Crippen molar-refractivity contribution in [3.63, 3.8) is 0 Å². The zero-order chi connectivity index (χ0) is 13.5. The van der Waals surface area contributed by atoms with E-state index in [0.717, 1.165) is 13.1 Å². The fourth-order valence-electron chi connectivity index (χ4n) is 1.72. The van der Waals surface area contributed by atoms with Crippen LogP contribution in [-0.4, -0.2) is 34.1 Å². The van der Waals surface area contributed by atoms with Gasteiger partial charge in [0.2, 0.25) is 5.91 Å². The maximum Gasteiger partial charge on any atom is 0.236 e. The number of carbonyl (C=O) groups excluding carboxylic acids is 1. The first kappa shape index (κ1) is 14.7. The highest BCUT2D eigenvalue weighted by molar-refractivity contribution is 5.81. The van der Waals surface area contributed by atoms with Crippen molar-refractivity contribution >= 4 is 5.91 Å². The summed E-state index contributed by atoms with van der Waals surface area (Å²) in [5.74, 6) is 0.533. The third-order valence-corrected chi connectivity index (χ3v) is 2.66. The monoisotopic (exact) mass is 252 g/mol. The number of hydrogen-bond donors (Lipinski definition) is 2. The van der Waals surface area contributed by atoms with Crippen molar-refractivity contribution in [3.05, 3.63) is 18.7 Å². The number of amides is 1. The van der Waals surface area contributed by atoms with Crippen LogP contribution in [0.4, 0.5) is 0 Å². The van der Waals surface area contributed by atoms with E-state index in [1.54, 1.807) is 12.5 Å². The van der Waals surface area contributed by atoms with E-state index in [9.17, 15) is 4.79 Å². The van der Waals surface area contributed by atoms with Crippen molar-refractivity contribution in [2.75, 3.05) is 6.54 Å². The average molecular weight is 252 g/mol. The molecular weight excluding hydrogens is 228 g/mol. The molecule has 1 heterocycles. The Hall–Kier alpha value is -1.36. The van der Waals surface area contributed by atoms with E-state index >= 15 is 0 Å². The van der Waals surface area contributed by atoms with Gasteiger partial charge in [0.25, 0.3) is 0 Å². The van der Waals surface area contributed by atoms with Crippen LogP contribution in [-0.2, 0) is 11.3 Å². The third kappa shape index (κ3) is 5.31. The van der Waals surface area contributed by atoms with E-state index in [1.165, 1.54) is 0 Å². The minimum Gasteiger partial charge on any atom is -0.354 e. The fraction of sp³-hybridized carbons (Fsp3) is 0.692. The third-order valence-electron chi connectivity index (χ3n) is 2.66. The molecule has 0 aliphatic heterocycles. The van der Waals surface area contributed by atoms with Gasteiger partial charge in [-0.25, -0.2) is 4.98 Å². The molecule has 1 aromatic rings. The Kier molecular flexibility index (Phi) is 5.85. The molecule has 2 atom stereocenters. The maximum atomic E-state index is 11.8. The van der Waals surface area contributed by atoms with E-state index in [0.29, 0.717) is 5.92 Å². The van der Waals surface area contributed by atoms with Crippen LogP contribution < -0.4 is 10.6 Å². The largest absolute Gasteiger partial charge is 0.354 e. The minimum absolute atomic E-state index is 0.0566. The van der Waals surface area contributed by atoms with E-state index in [-0.39, 0.29) is 18.0 Å². The van der Waals surface area contributed by atoms with Gasteiger partial charge in [-0.05, 0) is 19.8 Å². The lowest BCUT2D eigenvalue weighted by Crippen LogP contribution is -2.47. The SMILES string of the molecule is CC(C)CNC(=O)C(C)NC(C)Cn1ccnc1. The zero-order valence-corrected chi connectivity index (χ0v) is 11.7. The van der Waals surface area contributed by atoms with Crippen LogP contribution in [0.2, 0.25) is 0 Å². The lowest BCUT2D eigenvalue weighted by Gasteiger charge is -2.20. The highest BCUT2D eigenvalue weighted by Gasteiger charge is 2.15. The van der Waals surface area contributed by atoms with Crippen molar-refractivity contribution in [2.45, 2.75) is 46.3 Å². The van der Waals surface area contributed by atoms with Crippen LogP contribution in [0.3, 0.4) is 0 Å². The molecule has 0 saturated carbocycles. The first-order valence-corrected chi connectivity index (χ1v) is 6.48. The van der Waals surface area contributed by atoms with Crippen LogP contribution in [0.15, 0.2) is 18.7 Å². The zero-order valence-electron chi connectivity index (χ0n) is 11.7. The Morgan fingerprint density at radius 1 is 1.33 bits per heavy atom. The van der Waals surface area contributed by atoms with Gasteiger partial charge in [-0.15, -0.1) is 0 Å². The number of aromatic nitrogens is 2. The summed E-state index contributed by atoms with van der Waals surface area (Å²) in [6, 6.07) is 0.0428. The van der Waals surface area contributed by atoms with Crippen LogP contribution in [0.25, 0.3) is 0 Å². The molecule has 2 N–H and O–H groups in total. The molecule has 5 nitrogen and oxygen atoms in total. The van der Waals surface area contributed by atoms with Gasteiger partial charge >= 0.3 is 0 Å². The molecule has 5 heteroatoms. The molecule has 0 saturated heterocycles. The van der Waals surface area contributed by atoms with Crippen molar-refractivity contribution in [3.8, 4) is 0 Å². The summed E-state index contributed by atoms with van der Waals surface area (Å²) in [7, 11) is 0. The quantitative estimate of drug-likeness (QED) is 0.762. The lowest BCUT2D eigenvalue weighted by molar-refractivity contribution is -0.123. The number of nitrogens with zero attached hydrogens (tertiary/aromatic N) is 2. The topological polar surface area (TPSA) is 59.0 Å². The maximum absolute atomic E-state index is 11.8. The second-order valence-corrected chi connectivity index (χ2v) is 5.19. The highest BCUT2D eigenvalue weighted by atomic mass is 16.2. The molecule has 18 heavy (non-hydrogen) atoms. The van der Waals surface area contributed by atoms with Crippen molar-refractivity contribution in [2.24, 2.45) is 5.92 Å². The smallest absolute Gasteiger partial charge is 0.236 e. The predicted molar refractivity (Wildman–Crippen MR) is 72.1 cm³/mol. The summed E-state index contributed by atoms with van der Waals surface area (Å²) in [4.78, 5) is 15.8. The van der Waals surface area contributed by atoms with E-state index in [2.05, 4.69) is 36.4 Å². The molecule has 102 valence electrons. The molecule has 0 fully saturated rings. The Morgan fingerprint density at radius 2 is 2.06 bits per heavy atom. The number of hydrogen-bond acceptors (Lipinski definition) is 3. The number of rotatable bonds is 7. The van der Waals surface area contributed by atoms with E-state index in [4.69, 9.17) is 0 Å². The van der Waals surface area contributed by atoms with Gasteiger partial charge in [-0.3, -0.25) is 4.79 Å². The standard InChI is InChI=1S/C13H24N4O/c1-10(2)7-15-13(18)12(4)16-11(3)8-17-6-5-14-9-17/h5-6,9-12,16H,7-8H2,1-4H3,(H,15,18). The van der Waals surface area contributed by atoms with Crippen LogP contribution in [0.1, 0.15) is 27.7 Å². The van der Waals surface area contributed by atoms with Crippen LogP contribution >= 0.6 is 0 Å². The van der Waals surface area contributed by atoms with Gasteiger partial charge in [0.15, 0.2) is 0 Å². The Labute approximate surface area is 109 Å². The summed E-state index contributed by atoms with van der Waals surface area (Å²) in [6.07, 6.45) is 5.45. The molecule has 0 spiro atoms. The van der Waals surface area contributed by atoms with Gasteiger partial charge in [0.1, 0.15) is 0 Å². The molecule has 0 aromatic carbocycles. The predicted octanol–water partition coefficient (Wildman–Crippen LogP) is 1.02. The summed E-state index contributed by atoms with van der Waals surface area (Å²) in [5.41, 5.74) is 0. The first-order valence-electron chi connectivity index (χ1n) is 6.48. The molecule has 1 amide bonds. The van der Waals surface area contributed by atoms with Crippen molar-refractivity contribution in [1.29, 1.82) is 0 Å². The Bertz CT molecular complexity index is 348. The molecule has 1 rings (SSSR count). The average Bonchev–Trinajstić information content (AvgIpc) is 2.78. The molecule has 1 aromatic heterocycles. The molecule has 2 unspecified atom stereocenters. The van der Waals surface area contributed by atoms with Gasteiger partial charge in [-0.1, -0.05) is 13.8 Å². The number of imidazole rings is 1. The van der Waals surface area contributed by atoms with Crippen LogP contribution in [0.5, 0.6) is 0 Å². The van der Waals surface area contributed by atoms with Crippen LogP contribution in [0, 0.1) is 5.92 Å². The summed E-state index contributed by atoms with van der Waals surface area (Å²) < 4.78 is 2.00. The second kappa shape index (κ2) is 7.16. The van der Waals surface area contributed by atoms with E-state index < -0.39 is 0 Å². The van der Waals surface area contributed by atoms with Gasteiger partial charge in [0, 0.05) is 31.5 Å². The fourth-order valence-corrected chi connectivity index (χ4v) is 1.72. The molecule has 0 bridgehead atoms.